The van der Waals surface area contributed by atoms with E-state index >= 15 is 0 Å². The zero-order chi connectivity index (χ0) is 15.5. The van der Waals surface area contributed by atoms with Crippen molar-refractivity contribution in [2.45, 2.75) is 71.8 Å². The van der Waals surface area contributed by atoms with E-state index in [1.54, 1.807) is 0 Å². The predicted molar refractivity (Wildman–Crippen MR) is 90.5 cm³/mol. The minimum atomic E-state index is 0.509. The Kier molecular flexibility index (Phi) is 6.14. The summed E-state index contributed by atoms with van der Waals surface area (Å²) in [6.45, 7) is 9.53. The fraction of sp³-hybridized carbons (Fsp3) is 1.00. The van der Waals surface area contributed by atoms with Crippen molar-refractivity contribution in [3.05, 3.63) is 0 Å². The number of rotatable bonds is 5. The van der Waals surface area contributed by atoms with E-state index in [1.807, 2.05) is 0 Å². The molecular weight excluding hydrogens is 258 g/mol. The minimum absolute atomic E-state index is 0.509. The molecule has 0 aromatic heterocycles. The second-order valence-electron chi connectivity index (χ2n) is 8.59. The molecule has 21 heavy (non-hydrogen) atoms. The second kappa shape index (κ2) is 7.46. The van der Waals surface area contributed by atoms with Crippen molar-refractivity contribution in [2.24, 2.45) is 23.2 Å². The Bertz CT molecular complexity index is 299. The third-order valence-corrected chi connectivity index (χ3v) is 6.45. The molecular formula is C19H37NO. The minimum Gasteiger partial charge on any atom is -0.381 e. The van der Waals surface area contributed by atoms with Crippen molar-refractivity contribution in [1.29, 1.82) is 0 Å². The van der Waals surface area contributed by atoms with Crippen LogP contribution in [-0.2, 0) is 4.74 Å². The van der Waals surface area contributed by atoms with Gasteiger partial charge in [-0.15, -0.1) is 0 Å². The van der Waals surface area contributed by atoms with Crippen LogP contribution in [0.15, 0.2) is 0 Å². The molecule has 1 atom stereocenters. The standard InChI is InChI=1S/C19H37NO/c1-15(16-10-12-21-13-11-16)14-19(2,3)17-6-8-18(9-7-17)20(4)5/h15-18H,6-14H2,1-5H3/t15?,17-,18-. The van der Waals surface area contributed by atoms with Gasteiger partial charge in [-0.2, -0.15) is 0 Å². The molecule has 2 nitrogen and oxygen atoms in total. The lowest BCUT2D eigenvalue weighted by molar-refractivity contribution is 0.0281. The van der Waals surface area contributed by atoms with Crippen molar-refractivity contribution < 1.29 is 4.74 Å². The van der Waals surface area contributed by atoms with Crippen LogP contribution in [0.3, 0.4) is 0 Å². The highest BCUT2D eigenvalue weighted by molar-refractivity contribution is 4.87. The third kappa shape index (κ3) is 4.69. The van der Waals surface area contributed by atoms with Crippen LogP contribution in [-0.4, -0.2) is 38.3 Å². The molecule has 0 N–H and O–H groups in total. The van der Waals surface area contributed by atoms with Crippen molar-refractivity contribution in [1.82, 2.24) is 4.90 Å². The SMILES string of the molecule is CC(CC(C)(C)[C@H]1CC[C@H](N(C)C)CC1)C1CCOCC1. The summed E-state index contributed by atoms with van der Waals surface area (Å²) in [5.41, 5.74) is 0.509. The number of ether oxygens (including phenoxy) is 1. The van der Waals surface area contributed by atoms with E-state index in [9.17, 15) is 0 Å². The highest BCUT2D eigenvalue weighted by Crippen LogP contribution is 2.44. The average molecular weight is 296 g/mol. The molecule has 0 radical (unpaired) electrons. The first-order chi connectivity index (χ1) is 9.90. The fourth-order valence-corrected chi connectivity index (χ4v) is 4.82. The zero-order valence-electron chi connectivity index (χ0n) is 15.0. The lowest BCUT2D eigenvalue weighted by Gasteiger charge is -2.43. The van der Waals surface area contributed by atoms with E-state index in [0.29, 0.717) is 5.41 Å². The summed E-state index contributed by atoms with van der Waals surface area (Å²) in [6.07, 6.45) is 9.61. The summed E-state index contributed by atoms with van der Waals surface area (Å²) in [7, 11) is 4.48. The molecule has 2 heteroatoms. The molecule has 0 aromatic carbocycles. The molecule has 2 fully saturated rings. The Labute approximate surface area is 132 Å². The molecule has 2 aliphatic rings. The quantitative estimate of drug-likeness (QED) is 0.736. The third-order valence-electron chi connectivity index (χ3n) is 6.45. The van der Waals surface area contributed by atoms with E-state index in [2.05, 4.69) is 39.8 Å². The van der Waals surface area contributed by atoms with Crippen LogP contribution in [0, 0.1) is 23.2 Å². The van der Waals surface area contributed by atoms with Crippen LogP contribution in [0.5, 0.6) is 0 Å². The van der Waals surface area contributed by atoms with Crippen LogP contribution in [0.25, 0.3) is 0 Å². The average Bonchev–Trinajstić information content (AvgIpc) is 2.48. The lowest BCUT2D eigenvalue weighted by Crippen LogP contribution is -2.37. The second-order valence-corrected chi connectivity index (χ2v) is 8.59. The molecule has 0 spiro atoms. The maximum Gasteiger partial charge on any atom is 0.0468 e. The maximum absolute atomic E-state index is 5.53. The summed E-state index contributed by atoms with van der Waals surface area (Å²) in [4.78, 5) is 2.42. The summed E-state index contributed by atoms with van der Waals surface area (Å²) >= 11 is 0. The van der Waals surface area contributed by atoms with Crippen LogP contribution < -0.4 is 0 Å². The Morgan fingerprint density at radius 1 is 1.00 bits per heavy atom. The van der Waals surface area contributed by atoms with Crippen LogP contribution in [0.2, 0.25) is 0 Å². The number of nitrogens with zero attached hydrogens (tertiary/aromatic N) is 1. The van der Waals surface area contributed by atoms with Crippen molar-refractivity contribution in [3.8, 4) is 0 Å². The van der Waals surface area contributed by atoms with Crippen LogP contribution >= 0.6 is 0 Å². The van der Waals surface area contributed by atoms with Gasteiger partial charge in [-0.1, -0.05) is 20.8 Å². The summed E-state index contributed by atoms with van der Waals surface area (Å²) < 4.78 is 5.53. The van der Waals surface area contributed by atoms with Crippen LogP contribution in [0.1, 0.15) is 65.7 Å². The molecule has 1 heterocycles. The Hall–Kier alpha value is -0.0800. The molecule has 124 valence electrons. The van der Waals surface area contributed by atoms with E-state index in [-0.39, 0.29) is 0 Å². The highest BCUT2D eigenvalue weighted by atomic mass is 16.5. The summed E-state index contributed by atoms with van der Waals surface area (Å²) in [5.74, 6) is 2.68. The van der Waals surface area contributed by atoms with Crippen molar-refractivity contribution in [3.63, 3.8) is 0 Å². The van der Waals surface area contributed by atoms with Gasteiger partial charge in [0.25, 0.3) is 0 Å². The van der Waals surface area contributed by atoms with Gasteiger partial charge >= 0.3 is 0 Å². The summed E-state index contributed by atoms with van der Waals surface area (Å²) in [6, 6.07) is 0.824. The van der Waals surface area contributed by atoms with Crippen molar-refractivity contribution >= 4 is 0 Å². The fourth-order valence-electron chi connectivity index (χ4n) is 4.82. The first-order valence-corrected chi connectivity index (χ1v) is 9.14. The Morgan fingerprint density at radius 3 is 2.10 bits per heavy atom. The van der Waals surface area contributed by atoms with Gasteiger partial charge < -0.3 is 9.64 Å². The van der Waals surface area contributed by atoms with E-state index in [4.69, 9.17) is 4.74 Å². The molecule has 0 bridgehead atoms. The van der Waals surface area contributed by atoms with Crippen LogP contribution in [0.4, 0.5) is 0 Å². The maximum atomic E-state index is 5.53. The lowest BCUT2D eigenvalue weighted by atomic mass is 9.65. The number of hydrogen-bond donors (Lipinski definition) is 0. The largest absolute Gasteiger partial charge is 0.381 e. The first-order valence-electron chi connectivity index (χ1n) is 9.14. The zero-order valence-corrected chi connectivity index (χ0v) is 15.0. The first kappa shape index (κ1) is 17.3. The summed E-state index contributed by atoms with van der Waals surface area (Å²) in [5, 5.41) is 0. The van der Waals surface area contributed by atoms with E-state index in [0.717, 1.165) is 37.0 Å². The van der Waals surface area contributed by atoms with Crippen molar-refractivity contribution in [2.75, 3.05) is 27.3 Å². The molecule has 1 saturated carbocycles. The molecule has 0 aromatic rings. The van der Waals surface area contributed by atoms with Gasteiger partial charge in [-0.25, -0.2) is 0 Å². The van der Waals surface area contributed by atoms with E-state index < -0.39 is 0 Å². The normalized spacial score (nSPS) is 30.6. The molecule has 1 unspecified atom stereocenters. The number of hydrogen-bond acceptors (Lipinski definition) is 2. The smallest absolute Gasteiger partial charge is 0.0468 e. The molecule has 1 aliphatic heterocycles. The molecule has 1 aliphatic carbocycles. The van der Waals surface area contributed by atoms with Gasteiger partial charge in [0.1, 0.15) is 0 Å². The Balaban J connectivity index is 1.83. The van der Waals surface area contributed by atoms with Gasteiger partial charge in [0.15, 0.2) is 0 Å². The predicted octanol–water partition coefficient (Wildman–Crippen LogP) is 4.59. The topological polar surface area (TPSA) is 12.5 Å². The van der Waals surface area contributed by atoms with Gasteiger partial charge in [-0.3, -0.25) is 0 Å². The van der Waals surface area contributed by atoms with Gasteiger partial charge in [0.05, 0.1) is 0 Å². The monoisotopic (exact) mass is 295 g/mol. The van der Waals surface area contributed by atoms with E-state index in [1.165, 1.54) is 44.9 Å². The Morgan fingerprint density at radius 2 is 1.57 bits per heavy atom. The molecule has 0 amide bonds. The van der Waals surface area contributed by atoms with Gasteiger partial charge in [0.2, 0.25) is 0 Å². The molecule has 1 saturated heterocycles. The highest BCUT2D eigenvalue weighted by Gasteiger charge is 2.36. The molecule has 2 rings (SSSR count). The van der Waals surface area contributed by atoms with Gasteiger partial charge in [-0.05, 0) is 82.2 Å². The van der Waals surface area contributed by atoms with Gasteiger partial charge in [0, 0.05) is 19.3 Å².